The lowest BCUT2D eigenvalue weighted by Gasteiger charge is -2.09. The predicted octanol–water partition coefficient (Wildman–Crippen LogP) is 6.47. The minimum absolute atomic E-state index is 0.0825. The van der Waals surface area contributed by atoms with Gasteiger partial charge in [-0.2, -0.15) is 0 Å². The van der Waals surface area contributed by atoms with Gasteiger partial charge in [-0.1, -0.05) is 48.5 Å². The summed E-state index contributed by atoms with van der Waals surface area (Å²) in [6.45, 7) is 1.76. The fraction of sp³-hybridized carbons (Fsp3) is 0.0645. The highest BCUT2D eigenvalue weighted by atomic mass is 16.3. The van der Waals surface area contributed by atoms with Crippen LogP contribution in [0.1, 0.15) is 26.3 Å². The summed E-state index contributed by atoms with van der Waals surface area (Å²) in [5, 5.41) is 24.9. The molecular formula is C31H25N5O4. The van der Waals surface area contributed by atoms with Crippen LogP contribution in [-0.4, -0.2) is 27.4 Å². The number of anilines is 2. The van der Waals surface area contributed by atoms with Gasteiger partial charge < -0.3 is 20.3 Å². The number of hydrogen-bond acceptors (Lipinski definition) is 5. The number of rotatable bonds is 7. The molecule has 0 saturated heterocycles. The van der Waals surface area contributed by atoms with Crippen molar-refractivity contribution in [3.63, 3.8) is 0 Å². The molecular weight excluding hydrogens is 506 g/mol. The normalized spacial score (nSPS) is 11.0. The number of aryl methyl sites for hydroxylation is 1. The number of amides is 3. The van der Waals surface area contributed by atoms with E-state index in [1.807, 2.05) is 31.2 Å². The van der Waals surface area contributed by atoms with Crippen LogP contribution in [0.3, 0.4) is 0 Å². The Kier molecular flexibility index (Phi) is 7.45. The monoisotopic (exact) mass is 531 g/mol. The van der Waals surface area contributed by atoms with Crippen LogP contribution in [0.15, 0.2) is 113 Å². The van der Waals surface area contributed by atoms with Gasteiger partial charge in [0.1, 0.15) is 6.54 Å². The van der Waals surface area contributed by atoms with Gasteiger partial charge in [0, 0.05) is 27.9 Å². The summed E-state index contributed by atoms with van der Waals surface area (Å²) in [7, 11) is 0. The molecule has 9 nitrogen and oxygen atoms in total. The van der Waals surface area contributed by atoms with E-state index in [4.69, 9.17) is 0 Å². The molecule has 0 aliphatic rings. The van der Waals surface area contributed by atoms with E-state index in [1.165, 1.54) is 16.7 Å². The average molecular weight is 532 g/mol. The lowest BCUT2D eigenvalue weighted by atomic mass is 10.2. The third kappa shape index (κ3) is 5.78. The number of carbonyl (C=O) groups excluding carboxylic acids is 3. The average Bonchev–Trinajstić information content (AvgIpc) is 3.22. The molecule has 4 aromatic carbocycles. The minimum Gasteiger partial charge on any atom is -0.493 e. The highest BCUT2D eigenvalue weighted by molar-refractivity contribution is 6.04. The van der Waals surface area contributed by atoms with E-state index < -0.39 is 5.91 Å². The number of fused-ring (bicyclic) bond motifs is 1. The van der Waals surface area contributed by atoms with E-state index in [0.29, 0.717) is 27.8 Å². The zero-order valence-corrected chi connectivity index (χ0v) is 21.5. The highest BCUT2D eigenvalue weighted by Gasteiger charge is 2.19. The zero-order valence-electron chi connectivity index (χ0n) is 21.5. The smallest absolute Gasteiger partial charge is 0.295 e. The van der Waals surface area contributed by atoms with Gasteiger partial charge in [-0.3, -0.25) is 14.4 Å². The molecule has 0 radical (unpaired) electrons. The van der Waals surface area contributed by atoms with Crippen LogP contribution < -0.4 is 10.6 Å². The first-order chi connectivity index (χ1) is 19.4. The molecule has 0 fully saturated rings. The van der Waals surface area contributed by atoms with Crippen LogP contribution in [0.5, 0.6) is 5.88 Å². The van der Waals surface area contributed by atoms with E-state index >= 15 is 0 Å². The Morgan fingerprint density at radius 1 is 0.775 bits per heavy atom. The Morgan fingerprint density at radius 2 is 1.50 bits per heavy atom. The summed E-state index contributed by atoms with van der Waals surface area (Å²) < 4.78 is 1.42. The number of azo groups is 1. The van der Waals surface area contributed by atoms with Crippen LogP contribution in [0.4, 0.5) is 17.1 Å². The molecule has 40 heavy (non-hydrogen) atoms. The molecule has 3 N–H and O–H groups in total. The Bertz CT molecular complexity index is 1740. The van der Waals surface area contributed by atoms with Gasteiger partial charge >= 0.3 is 0 Å². The van der Waals surface area contributed by atoms with Gasteiger partial charge in [-0.25, -0.2) is 0 Å². The first-order valence-corrected chi connectivity index (χ1v) is 12.5. The van der Waals surface area contributed by atoms with E-state index in [1.54, 1.807) is 66.7 Å². The molecule has 1 aromatic heterocycles. The van der Waals surface area contributed by atoms with Gasteiger partial charge in [0.25, 0.3) is 11.8 Å². The third-order valence-electron chi connectivity index (χ3n) is 6.19. The number of aromatic nitrogens is 1. The number of nitrogens with zero attached hydrogens (tertiary/aromatic N) is 3. The summed E-state index contributed by atoms with van der Waals surface area (Å²) >= 11 is 0. The van der Waals surface area contributed by atoms with Gasteiger partial charge in [0.15, 0.2) is 5.69 Å². The van der Waals surface area contributed by atoms with E-state index in [2.05, 4.69) is 20.9 Å². The largest absolute Gasteiger partial charge is 0.493 e. The molecule has 0 aliphatic carbocycles. The SMILES string of the molecule is Cc1cccc(NC(=O)Cn2c(O)c(N=NC(=O)c3ccc(NC(=O)c4ccccc4)cc3)c3ccccc32)c1. The maximum atomic E-state index is 12.7. The summed E-state index contributed by atoms with van der Waals surface area (Å²) in [5.74, 6) is -1.51. The molecule has 3 amide bonds. The summed E-state index contributed by atoms with van der Waals surface area (Å²) in [6.07, 6.45) is 0. The lowest BCUT2D eigenvalue weighted by molar-refractivity contribution is -0.116. The van der Waals surface area contributed by atoms with Crippen molar-refractivity contribution >= 4 is 45.7 Å². The van der Waals surface area contributed by atoms with Gasteiger partial charge in [0.05, 0.1) is 5.52 Å². The molecule has 5 aromatic rings. The number of aromatic hydroxyl groups is 1. The molecule has 0 unspecified atom stereocenters. The van der Waals surface area contributed by atoms with E-state index in [9.17, 15) is 19.5 Å². The molecule has 9 heteroatoms. The molecule has 5 rings (SSSR count). The zero-order chi connectivity index (χ0) is 28.1. The van der Waals surface area contributed by atoms with Crippen LogP contribution in [0.25, 0.3) is 10.9 Å². The fourth-order valence-electron chi connectivity index (χ4n) is 4.24. The first-order valence-electron chi connectivity index (χ1n) is 12.5. The van der Waals surface area contributed by atoms with Crippen LogP contribution >= 0.6 is 0 Å². The van der Waals surface area contributed by atoms with Crippen molar-refractivity contribution in [2.24, 2.45) is 10.2 Å². The van der Waals surface area contributed by atoms with Crippen molar-refractivity contribution in [1.82, 2.24) is 4.57 Å². The predicted molar refractivity (Wildman–Crippen MR) is 153 cm³/mol. The van der Waals surface area contributed by atoms with Crippen molar-refractivity contribution in [2.45, 2.75) is 13.5 Å². The second-order valence-electron chi connectivity index (χ2n) is 9.10. The fourth-order valence-corrected chi connectivity index (χ4v) is 4.24. The standard InChI is InChI=1S/C31H25N5O4/c1-20-8-7-11-24(18-20)32-27(37)19-36-26-13-6-5-12-25(26)28(31(36)40)34-35-30(39)22-14-16-23(17-15-22)33-29(38)21-9-3-2-4-10-21/h2-18,40H,19H2,1H3,(H,32,37)(H,33,38). The summed E-state index contributed by atoms with van der Waals surface area (Å²) in [6, 6.07) is 29.5. The third-order valence-corrected chi connectivity index (χ3v) is 6.19. The quantitative estimate of drug-likeness (QED) is 0.208. The van der Waals surface area contributed by atoms with Crippen LogP contribution in [0, 0.1) is 6.92 Å². The lowest BCUT2D eigenvalue weighted by Crippen LogP contribution is -2.18. The maximum Gasteiger partial charge on any atom is 0.295 e. The molecule has 0 spiro atoms. The van der Waals surface area contributed by atoms with Crippen molar-refractivity contribution in [1.29, 1.82) is 0 Å². The Hall–Kier alpha value is -5.57. The van der Waals surface area contributed by atoms with Crippen molar-refractivity contribution in [3.05, 3.63) is 120 Å². The molecule has 0 aliphatic heterocycles. The molecule has 198 valence electrons. The Balaban J connectivity index is 1.32. The summed E-state index contributed by atoms with van der Waals surface area (Å²) in [4.78, 5) is 37.8. The number of benzene rings is 4. The maximum absolute atomic E-state index is 12.7. The molecule has 0 saturated carbocycles. The Morgan fingerprint density at radius 3 is 2.25 bits per heavy atom. The second kappa shape index (κ2) is 11.4. The van der Waals surface area contributed by atoms with Gasteiger partial charge in [0.2, 0.25) is 11.8 Å². The topological polar surface area (TPSA) is 125 Å². The molecule has 0 atom stereocenters. The van der Waals surface area contributed by atoms with Crippen molar-refractivity contribution in [3.8, 4) is 5.88 Å². The van der Waals surface area contributed by atoms with Gasteiger partial charge in [-0.15, -0.1) is 10.2 Å². The number of hydrogen-bond donors (Lipinski definition) is 3. The number of para-hydroxylation sites is 1. The van der Waals surface area contributed by atoms with Gasteiger partial charge in [-0.05, 0) is 67.1 Å². The molecule has 0 bridgehead atoms. The number of nitrogens with one attached hydrogen (secondary N) is 2. The number of carbonyl (C=O) groups is 3. The second-order valence-corrected chi connectivity index (χ2v) is 9.10. The highest BCUT2D eigenvalue weighted by Crippen LogP contribution is 2.39. The molecule has 1 heterocycles. The van der Waals surface area contributed by atoms with Crippen molar-refractivity contribution in [2.75, 3.05) is 10.6 Å². The minimum atomic E-state index is -0.630. The Labute approximate surface area is 229 Å². The first kappa shape index (κ1) is 26.1. The summed E-state index contributed by atoms with van der Waals surface area (Å²) in [5.41, 5.74) is 3.60. The van der Waals surface area contributed by atoms with Crippen LogP contribution in [-0.2, 0) is 11.3 Å². The van der Waals surface area contributed by atoms with Crippen molar-refractivity contribution < 1.29 is 19.5 Å². The van der Waals surface area contributed by atoms with E-state index in [-0.39, 0.29) is 35.5 Å². The van der Waals surface area contributed by atoms with E-state index in [0.717, 1.165) is 5.56 Å². The van der Waals surface area contributed by atoms with Crippen LogP contribution in [0.2, 0.25) is 0 Å².